The molecule has 5 heteroatoms. The lowest BCUT2D eigenvalue weighted by Gasteiger charge is -2.08. The van der Waals surface area contributed by atoms with Gasteiger partial charge in [-0.15, -0.1) is 0 Å². The molecule has 0 radical (unpaired) electrons. The van der Waals surface area contributed by atoms with Crippen LogP contribution >= 0.6 is 0 Å². The molecule has 0 spiro atoms. The number of hydrazone groups is 1. The number of amides is 1. The Hall–Kier alpha value is -3.13. The first-order valence-corrected chi connectivity index (χ1v) is 7.63. The number of hydrogen-bond donors (Lipinski definition) is 1. The Kier molecular flexibility index (Phi) is 6.09. The van der Waals surface area contributed by atoms with Crippen molar-refractivity contribution in [3.05, 3.63) is 65.2 Å². The molecule has 0 aliphatic carbocycles. The van der Waals surface area contributed by atoms with E-state index in [1.165, 1.54) is 11.8 Å². The molecule has 1 N–H and O–H groups in total. The first-order chi connectivity index (χ1) is 11.6. The van der Waals surface area contributed by atoms with E-state index in [1.54, 1.807) is 24.3 Å². The van der Waals surface area contributed by atoms with Crippen LogP contribution in [0, 0.1) is 11.3 Å². The van der Waals surface area contributed by atoms with Crippen LogP contribution in [0.3, 0.4) is 0 Å². The summed E-state index contributed by atoms with van der Waals surface area (Å²) in [5.74, 6) is 0.761. The summed E-state index contributed by atoms with van der Waals surface area (Å²) >= 11 is 0. The lowest BCUT2D eigenvalue weighted by atomic mass is 10.0. The number of rotatable bonds is 6. The van der Waals surface area contributed by atoms with Crippen molar-refractivity contribution in [1.82, 2.24) is 5.43 Å². The fourth-order valence-corrected chi connectivity index (χ4v) is 1.95. The van der Waals surface area contributed by atoms with E-state index in [2.05, 4.69) is 24.4 Å². The zero-order valence-corrected chi connectivity index (χ0v) is 13.7. The van der Waals surface area contributed by atoms with Crippen molar-refractivity contribution < 1.29 is 9.53 Å². The molecule has 122 valence electrons. The van der Waals surface area contributed by atoms with Gasteiger partial charge in [-0.1, -0.05) is 38.1 Å². The third kappa shape index (κ3) is 5.25. The van der Waals surface area contributed by atoms with Crippen LogP contribution in [-0.4, -0.2) is 18.7 Å². The molecule has 0 heterocycles. The van der Waals surface area contributed by atoms with Crippen molar-refractivity contribution in [3.8, 4) is 11.8 Å². The number of benzene rings is 2. The van der Waals surface area contributed by atoms with Crippen molar-refractivity contribution in [3.63, 3.8) is 0 Å². The molecule has 0 aromatic heterocycles. The van der Waals surface area contributed by atoms with Gasteiger partial charge < -0.3 is 4.74 Å². The fourth-order valence-electron chi connectivity index (χ4n) is 1.95. The second-order valence-electron chi connectivity index (χ2n) is 5.54. The van der Waals surface area contributed by atoms with E-state index in [9.17, 15) is 4.79 Å². The maximum Gasteiger partial charge on any atom is 0.277 e. The Bertz CT molecular complexity index is 742. The molecule has 0 saturated carbocycles. The second kappa shape index (κ2) is 8.49. The number of nitrogens with zero attached hydrogens (tertiary/aromatic N) is 2. The molecular formula is C19H19N3O2. The van der Waals surface area contributed by atoms with Crippen LogP contribution in [0.25, 0.3) is 0 Å². The summed E-state index contributed by atoms with van der Waals surface area (Å²) in [5.41, 5.74) is 4.99. The van der Waals surface area contributed by atoms with E-state index < -0.39 is 0 Å². The van der Waals surface area contributed by atoms with Crippen LogP contribution in [0.4, 0.5) is 0 Å². The minimum absolute atomic E-state index is 0.105. The van der Waals surface area contributed by atoms with E-state index in [0.29, 0.717) is 17.2 Å². The summed E-state index contributed by atoms with van der Waals surface area (Å²) in [5, 5.41) is 12.6. The summed E-state index contributed by atoms with van der Waals surface area (Å²) in [6, 6.07) is 16.6. The summed E-state index contributed by atoms with van der Waals surface area (Å²) in [6.45, 7) is 4.14. The molecule has 0 aliphatic heterocycles. The predicted molar refractivity (Wildman–Crippen MR) is 92.9 cm³/mol. The van der Waals surface area contributed by atoms with Crippen LogP contribution in [0.5, 0.6) is 5.75 Å². The Morgan fingerprint density at radius 1 is 1.21 bits per heavy atom. The predicted octanol–water partition coefficient (Wildman–Crippen LogP) is 3.21. The Morgan fingerprint density at radius 3 is 2.46 bits per heavy atom. The van der Waals surface area contributed by atoms with Gasteiger partial charge in [0.1, 0.15) is 5.75 Å². The van der Waals surface area contributed by atoms with Crippen LogP contribution in [-0.2, 0) is 4.79 Å². The van der Waals surface area contributed by atoms with Crippen LogP contribution in [0.2, 0.25) is 0 Å². The molecule has 0 unspecified atom stereocenters. The van der Waals surface area contributed by atoms with E-state index in [4.69, 9.17) is 10.00 Å². The molecule has 0 saturated heterocycles. The number of nitrogens with one attached hydrogen (secondary N) is 1. The van der Waals surface area contributed by atoms with Gasteiger partial charge in [0.25, 0.3) is 5.91 Å². The largest absolute Gasteiger partial charge is 0.484 e. The molecule has 0 bridgehead atoms. The smallest absolute Gasteiger partial charge is 0.277 e. The van der Waals surface area contributed by atoms with Gasteiger partial charge in [0.15, 0.2) is 6.61 Å². The van der Waals surface area contributed by atoms with Crippen molar-refractivity contribution in [2.75, 3.05) is 6.61 Å². The molecular weight excluding hydrogens is 302 g/mol. The van der Waals surface area contributed by atoms with Gasteiger partial charge >= 0.3 is 0 Å². The molecule has 2 aromatic rings. The van der Waals surface area contributed by atoms with E-state index in [1.807, 2.05) is 30.3 Å². The number of nitriles is 1. The highest BCUT2D eigenvalue weighted by Gasteiger charge is 2.03. The third-order valence-corrected chi connectivity index (χ3v) is 3.36. The Balaban J connectivity index is 1.78. The second-order valence-corrected chi connectivity index (χ2v) is 5.54. The molecule has 0 aliphatic rings. The van der Waals surface area contributed by atoms with Gasteiger partial charge in [-0.3, -0.25) is 4.79 Å². The average molecular weight is 321 g/mol. The zero-order chi connectivity index (χ0) is 17.4. The number of ether oxygens (including phenoxy) is 1. The number of carbonyl (C=O) groups excluding carboxylic acids is 1. The number of hydrogen-bond acceptors (Lipinski definition) is 4. The summed E-state index contributed by atoms with van der Waals surface area (Å²) in [4.78, 5) is 11.7. The lowest BCUT2D eigenvalue weighted by Crippen LogP contribution is -2.24. The van der Waals surface area contributed by atoms with E-state index >= 15 is 0 Å². The Morgan fingerprint density at radius 2 is 1.88 bits per heavy atom. The molecule has 1 amide bonds. The van der Waals surface area contributed by atoms with Gasteiger partial charge in [0.2, 0.25) is 0 Å². The standard InChI is InChI=1S/C19H19N3O2/c1-14(2)17-7-9-18(10-8-17)24-13-19(23)22-21-12-16-5-3-15(11-20)4-6-16/h3-10,12,14H,13H2,1-2H3,(H,22,23). The molecule has 0 fully saturated rings. The topological polar surface area (TPSA) is 74.5 Å². The van der Waals surface area contributed by atoms with Gasteiger partial charge in [0.05, 0.1) is 17.8 Å². The Labute approximate surface area is 141 Å². The molecule has 5 nitrogen and oxygen atoms in total. The highest BCUT2D eigenvalue weighted by Crippen LogP contribution is 2.18. The lowest BCUT2D eigenvalue weighted by molar-refractivity contribution is -0.123. The average Bonchev–Trinajstić information content (AvgIpc) is 2.61. The SMILES string of the molecule is CC(C)c1ccc(OCC(=O)NN=Cc2ccc(C#N)cc2)cc1. The zero-order valence-electron chi connectivity index (χ0n) is 13.7. The summed E-state index contributed by atoms with van der Waals surface area (Å²) < 4.78 is 5.41. The highest BCUT2D eigenvalue weighted by molar-refractivity contribution is 5.83. The quantitative estimate of drug-likeness (QED) is 0.656. The minimum atomic E-state index is -0.340. The molecule has 24 heavy (non-hydrogen) atoms. The maximum absolute atomic E-state index is 11.7. The monoisotopic (exact) mass is 321 g/mol. The fraction of sp³-hybridized carbons (Fsp3) is 0.211. The van der Waals surface area contributed by atoms with Crippen LogP contribution in [0.15, 0.2) is 53.6 Å². The van der Waals surface area contributed by atoms with Crippen molar-refractivity contribution >= 4 is 12.1 Å². The van der Waals surface area contributed by atoms with Gasteiger partial charge in [-0.25, -0.2) is 5.43 Å². The number of carbonyl (C=O) groups is 1. The van der Waals surface area contributed by atoms with Gasteiger partial charge in [0, 0.05) is 0 Å². The maximum atomic E-state index is 11.7. The normalized spacial score (nSPS) is 10.6. The van der Waals surface area contributed by atoms with E-state index in [-0.39, 0.29) is 12.5 Å². The van der Waals surface area contributed by atoms with Gasteiger partial charge in [-0.05, 0) is 41.3 Å². The third-order valence-electron chi connectivity index (χ3n) is 3.36. The van der Waals surface area contributed by atoms with Crippen molar-refractivity contribution in [1.29, 1.82) is 5.26 Å². The van der Waals surface area contributed by atoms with Crippen molar-refractivity contribution in [2.45, 2.75) is 19.8 Å². The van der Waals surface area contributed by atoms with Crippen LogP contribution < -0.4 is 10.2 Å². The first-order valence-electron chi connectivity index (χ1n) is 7.63. The van der Waals surface area contributed by atoms with Crippen molar-refractivity contribution in [2.24, 2.45) is 5.10 Å². The molecule has 2 rings (SSSR count). The summed E-state index contributed by atoms with van der Waals surface area (Å²) in [7, 11) is 0. The minimum Gasteiger partial charge on any atom is -0.484 e. The molecule has 2 aromatic carbocycles. The summed E-state index contributed by atoms with van der Waals surface area (Å²) in [6.07, 6.45) is 1.51. The van der Waals surface area contributed by atoms with Gasteiger partial charge in [-0.2, -0.15) is 10.4 Å². The molecule has 0 atom stereocenters. The van der Waals surface area contributed by atoms with Crippen LogP contribution in [0.1, 0.15) is 36.5 Å². The highest BCUT2D eigenvalue weighted by atomic mass is 16.5. The van der Waals surface area contributed by atoms with E-state index in [0.717, 1.165) is 5.56 Å². The first kappa shape index (κ1) is 17.2.